The molecule has 0 radical (unpaired) electrons. The van der Waals surface area contributed by atoms with Gasteiger partial charge in [0.2, 0.25) is 0 Å². The van der Waals surface area contributed by atoms with E-state index in [1.54, 1.807) is 31.2 Å². The van der Waals surface area contributed by atoms with Crippen LogP contribution in [0, 0.1) is 0 Å². The fraction of sp³-hybridized carbons (Fsp3) is 0.167. The Labute approximate surface area is 154 Å². The monoisotopic (exact) mass is 376 g/mol. The summed E-state index contributed by atoms with van der Waals surface area (Å²) in [6, 6.07) is 12.7. The number of Topliss-reactive ketones (excluding diaryl/α,β-unsaturated/α-hetero) is 1. The molecule has 25 heavy (non-hydrogen) atoms. The lowest BCUT2D eigenvalue weighted by atomic mass is 9.92. The van der Waals surface area contributed by atoms with Gasteiger partial charge in [0.25, 0.3) is 5.91 Å². The maximum atomic E-state index is 12.8. The number of halogens is 2. The number of benzene rings is 2. The molecular formula is C18H14Cl2N2O3. The minimum atomic E-state index is -1.21. The third-order valence-electron chi connectivity index (χ3n) is 4.16. The van der Waals surface area contributed by atoms with Crippen molar-refractivity contribution in [1.82, 2.24) is 10.2 Å². The van der Waals surface area contributed by atoms with Crippen LogP contribution in [0.25, 0.3) is 0 Å². The number of hydrogen-bond donors (Lipinski definition) is 1. The standard InChI is InChI=1S/C18H14Cl2N2O3/c1-18(11-5-3-2-4-6-11)16(24)22(17(25)21-18)10-15(23)13-8-7-12(19)9-14(13)20/h2-9H,10H2,1H3,(H,21,25)/t18-/m0/s1. The number of nitrogens with one attached hydrogen (secondary N) is 1. The summed E-state index contributed by atoms with van der Waals surface area (Å²) in [6.07, 6.45) is 0. The zero-order valence-electron chi connectivity index (χ0n) is 13.3. The van der Waals surface area contributed by atoms with Gasteiger partial charge in [-0.05, 0) is 30.7 Å². The summed E-state index contributed by atoms with van der Waals surface area (Å²) in [5.74, 6) is -0.926. The van der Waals surface area contributed by atoms with Gasteiger partial charge >= 0.3 is 6.03 Å². The van der Waals surface area contributed by atoms with E-state index in [1.165, 1.54) is 18.2 Å². The summed E-state index contributed by atoms with van der Waals surface area (Å²) in [5, 5.41) is 3.23. The molecule has 1 N–H and O–H groups in total. The predicted octanol–water partition coefficient (Wildman–Crippen LogP) is 3.64. The molecule has 1 aliphatic heterocycles. The first-order chi connectivity index (χ1) is 11.8. The lowest BCUT2D eigenvalue weighted by Gasteiger charge is -2.22. The third kappa shape index (κ3) is 3.13. The number of imide groups is 1. The van der Waals surface area contributed by atoms with E-state index in [1.807, 2.05) is 6.07 Å². The van der Waals surface area contributed by atoms with Crippen molar-refractivity contribution < 1.29 is 14.4 Å². The number of rotatable bonds is 4. The van der Waals surface area contributed by atoms with Crippen LogP contribution < -0.4 is 5.32 Å². The minimum absolute atomic E-state index is 0.176. The molecule has 7 heteroatoms. The van der Waals surface area contributed by atoms with Gasteiger partial charge in [0, 0.05) is 10.6 Å². The van der Waals surface area contributed by atoms with Crippen molar-refractivity contribution in [3.63, 3.8) is 0 Å². The fourth-order valence-corrected chi connectivity index (χ4v) is 3.27. The molecule has 0 aliphatic carbocycles. The highest BCUT2D eigenvalue weighted by Crippen LogP contribution is 2.29. The lowest BCUT2D eigenvalue weighted by molar-refractivity contribution is -0.130. The highest BCUT2D eigenvalue weighted by atomic mass is 35.5. The molecule has 0 bridgehead atoms. The van der Waals surface area contributed by atoms with Crippen LogP contribution in [0.15, 0.2) is 48.5 Å². The number of carbonyl (C=O) groups excluding carboxylic acids is 3. The van der Waals surface area contributed by atoms with Gasteiger partial charge in [-0.2, -0.15) is 0 Å². The molecule has 3 rings (SSSR count). The molecule has 5 nitrogen and oxygen atoms in total. The second-order valence-electron chi connectivity index (χ2n) is 5.86. The Morgan fingerprint density at radius 3 is 2.44 bits per heavy atom. The first-order valence-corrected chi connectivity index (χ1v) is 8.26. The van der Waals surface area contributed by atoms with Crippen LogP contribution in [-0.4, -0.2) is 29.2 Å². The molecule has 0 aromatic heterocycles. The Hall–Kier alpha value is -2.37. The van der Waals surface area contributed by atoms with Crippen LogP contribution in [0.2, 0.25) is 10.0 Å². The SMILES string of the molecule is C[C@@]1(c2ccccc2)NC(=O)N(CC(=O)c2ccc(Cl)cc2Cl)C1=O. The maximum Gasteiger partial charge on any atom is 0.325 e. The first-order valence-electron chi connectivity index (χ1n) is 7.51. The molecule has 2 aromatic rings. The van der Waals surface area contributed by atoms with E-state index in [-0.39, 0.29) is 10.6 Å². The third-order valence-corrected chi connectivity index (χ3v) is 4.71. The second-order valence-corrected chi connectivity index (χ2v) is 6.70. The van der Waals surface area contributed by atoms with Gasteiger partial charge in [-0.25, -0.2) is 4.79 Å². The summed E-state index contributed by atoms with van der Waals surface area (Å²) in [4.78, 5) is 38.4. The molecule has 0 unspecified atom stereocenters. The molecule has 0 spiro atoms. The molecule has 1 saturated heterocycles. The van der Waals surface area contributed by atoms with Gasteiger partial charge in [-0.15, -0.1) is 0 Å². The van der Waals surface area contributed by atoms with Crippen molar-refractivity contribution >= 4 is 40.9 Å². The Balaban J connectivity index is 1.85. The molecule has 1 aliphatic rings. The van der Waals surface area contributed by atoms with Crippen molar-refractivity contribution in [2.24, 2.45) is 0 Å². The van der Waals surface area contributed by atoms with Crippen molar-refractivity contribution in [1.29, 1.82) is 0 Å². The Morgan fingerprint density at radius 2 is 1.80 bits per heavy atom. The largest absolute Gasteiger partial charge is 0.325 e. The van der Waals surface area contributed by atoms with Crippen LogP contribution in [0.1, 0.15) is 22.8 Å². The summed E-state index contributed by atoms with van der Waals surface area (Å²) in [7, 11) is 0. The van der Waals surface area contributed by atoms with Gasteiger partial charge in [0.05, 0.1) is 11.6 Å². The Bertz CT molecular complexity index is 870. The molecule has 1 heterocycles. The normalized spacial score (nSPS) is 19.9. The van der Waals surface area contributed by atoms with E-state index >= 15 is 0 Å². The maximum absolute atomic E-state index is 12.8. The minimum Gasteiger partial charge on any atom is -0.319 e. The summed E-state index contributed by atoms with van der Waals surface area (Å²) < 4.78 is 0. The molecule has 0 saturated carbocycles. The quantitative estimate of drug-likeness (QED) is 0.654. The summed E-state index contributed by atoms with van der Waals surface area (Å²) in [5.41, 5.74) is -0.351. The Kier molecular flexibility index (Phi) is 4.54. The van der Waals surface area contributed by atoms with Gasteiger partial charge in [-0.1, -0.05) is 53.5 Å². The highest BCUT2D eigenvalue weighted by Gasteiger charge is 2.49. The van der Waals surface area contributed by atoms with Gasteiger partial charge < -0.3 is 5.32 Å². The number of amides is 3. The number of nitrogens with zero attached hydrogens (tertiary/aromatic N) is 1. The summed E-state index contributed by atoms with van der Waals surface area (Å²) in [6.45, 7) is 1.22. The van der Waals surface area contributed by atoms with Crippen LogP contribution in [-0.2, 0) is 10.3 Å². The second kappa shape index (κ2) is 6.50. The van der Waals surface area contributed by atoms with Crippen molar-refractivity contribution in [3.05, 3.63) is 69.7 Å². The number of carbonyl (C=O) groups is 3. The van der Waals surface area contributed by atoms with Crippen molar-refractivity contribution in [2.75, 3.05) is 6.54 Å². The van der Waals surface area contributed by atoms with Crippen molar-refractivity contribution in [2.45, 2.75) is 12.5 Å². The molecule has 1 fully saturated rings. The molecular weight excluding hydrogens is 363 g/mol. The van der Waals surface area contributed by atoms with Crippen LogP contribution in [0.5, 0.6) is 0 Å². The fourth-order valence-electron chi connectivity index (χ4n) is 2.75. The average molecular weight is 377 g/mol. The van der Waals surface area contributed by atoms with E-state index < -0.39 is 29.8 Å². The Morgan fingerprint density at radius 1 is 1.12 bits per heavy atom. The van der Waals surface area contributed by atoms with Crippen LogP contribution in [0.4, 0.5) is 4.79 Å². The predicted molar refractivity (Wildman–Crippen MR) is 94.8 cm³/mol. The lowest BCUT2D eigenvalue weighted by Crippen LogP contribution is -2.41. The summed E-state index contributed by atoms with van der Waals surface area (Å²) >= 11 is 11.8. The smallest absolute Gasteiger partial charge is 0.319 e. The van der Waals surface area contributed by atoms with Crippen molar-refractivity contribution in [3.8, 4) is 0 Å². The molecule has 1 atom stereocenters. The first kappa shape index (κ1) is 17.5. The van der Waals surface area contributed by atoms with Gasteiger partial charge in [0.1, 0.15) is 5.54 Å². The van der Waals surface area contributed by atoms with E-state index in [4.69, 9.17) is 23.2 Å². The van der Waals surface area contributed by atoms with E-state index in [2.05, 4.69) is 5.32 Å². The van der Waals surface area contributed by atoms with E-state index in [9.17, 15) is 14.4 Å². The van der Waals surface area contributed by atoms with E-state index in [0.29, 0.717) is 10.6 Å². The number of urea groups is 1. The van der Waals surface area contributed by atoms with E-state index in [0.717, 1.165) is 4.90 Å². The average Bonchev–Trinajstić information content (AvgIpc) is 2.80. The molecule has 2 aromatic carbocycles. The topological polar surface area (TPSA) is 66.5 Å². The zero-order chi connectivity index (χ0) is 18.2. The number of ketones is 1. The molecule has 128 valence electrons. The highest BCUT2D eigenvalue weighted by molar-refractivity contribution is 6.37. The molecule has 3 amide bonds. The van der Waals surface area contributed by atoms with Crippen LogP contribution in [0.3, 0.4) is 0 Å². The van der Waals surface area contributed by atoms with Gasteiger partial charge in [-0.3, -0.25) is 14.5 Å². The van der Waals surface area contributed by atoms with Crippen LogP contribution >= 0.6 is 23.2 Å². The van der Waals surface area contributed by atoms with Gasteiger partial charge in [0.15, 0.2) is 5.78 Å². The number of hydrogen-bond acceptors (Lipinski definition) is 3. The zero-order valence-corrected chi connectivity index (χ0v) is 14.8.